The molecule has 3 amide bonds. The standard InChI is InChI=1S/C21H39N5O7S/c1-12(2)10-15(19(30)24-14(21(32)33)6-4-5-8-22)26-20(31)16(11-17(27)28)25-18(29)13(23)7-9-34-3/h12-16H,4-11,22-23H2,1-3H3,(H,24,30)(H,25,29)(H,26,31)(H,27,28)(H,32,33). The minimum atomic E-state index is -1.45. The molecule has 0 rings (SSSR count). The number of rotatable bonds is 18. The van der Waals surface area contributed by atoms with Gasteiger partial charge < -0.3 is 37.6 Å². The molecule has 12 nitrogen and oxygen atoms in total. The van der Waals surface area contributed by atoms with Gasteiger partial charge in [-0.15, -0.1) is 0 Å². The van der Waals surface area contributed by atoms with E-state index in [4.69, 9.17) is 11.5 Å². The number of thioether (sulfide) groups is 1. The van der Waals surface area contributed by atoms with Crippen molar-refractivity contribution in [1.82, 2.24) is 16.0 Å². The molecule has 0 spiro atoms. The third-order valence-electron chi connectivity index (χ3n) is 4.88. The molecule has 0 aromatic carbocycles. The summed E-state index contributed by atoms with van der Waals surface area (Å²) in [5.74, 6) is -4.24. The van der Waals surface area contributed by atoms with E-state index < -0.39 is 60.2 Å². The highest BCUT2D eigenvalue weighted by molar-refractivity contribution is 7.98. The summed E-state index contributed by atoms with van der Waals surface area (Å²) < 4.78 is 0. The second-order valence-electron chi connectivity index (χ2n) is 8.42. The summed E-state index contributed by atoms with van der Waals surface area (Å²) in [7, 11) is 0. The van der Waals surface area contributed by atoms with E-state index in [0.717, 1.165) is 0 Å². The highest BCUT2D eigenvalue weighted by Crippen LogP contribution is 2.09. The van der Waals surface area contributed by atoms with Crippen molar-refractivity contribution >= 4 is 41.4 Å². The fourth-order valence-electron chi connectivity index (χ4n) is 3.04. The van der Waals surface area contributed by atoms with E-state index in [1.54, 1.807) is 0 Å². The van der Waals surface area contributed by atoms with Crippen molar-refractivity contribution < 1.29 is 34.2 Å². The molecule has 0 bridgehead atoms. The topological polar surface area (TPSA) is 214 Å². The van der Waals surface area contributed by atoms with Gasteiger partial charge in [0, 0.05) is 0 Å². The minimum Gasteiger partial charge on any atom is -0.481 e. The van der Waals surface area contributed by atoms with Gasteiger partial charge >= 0.3 is 11.9 Å². The van der Waals surface area contributed by atoms with E-state index in [1.807, 2.05) is 20.1 Å². The lowest BCUT2D eigenvalue weighted by molar-refractivity contribution is -0.143. The first-order valence-corrected chi connectivity index (χ1v) is 12.6. The van der Waals surface area contributed by atoms with Gasteiger partial charge in [0.15, 0.2) is 0 Å². The van der Waals surface area contributed by atoms with Crippen molar-refractivity contribution in [3.05, 3.63) is 0 Å². The fraction of sp³-hybridized carbons (Fsp3) is 0.762. The summed E-state index contributed by atoms with van der Waals surface area (Å²) in [6.07, 6.45) is 2.92. The monoisotopic (exact) mass is 505 g/mol. The molecule has 34 heavy (non-hydrogen) atoms. The molecule has 9 N–H and O–H groups in total. The number of nitrogens with one attached hydrogen (secondary N) is 3. The van der Waals surface area contributed by atoms with Crippen molar-refractivity contribution in [1.29, 1.82) is 0 Å². The Morgan fingerprint density at radius 3 is 1.91 bits per heavy atom. The summed E-state index contributed by atoms with van der Waals surface area (Å²) >= 11 is 1.49. The molecule has 13 heteroatoms. The molecule has 0 aliphatic rings. The summed E-state index contributed by atoms with van der Waals surface area (Å²) in [5.41, 5.74) is 11.2. The predicted octanol–water partition coefficient (Wildman–Crippen LogP) is -0.744. The Hall–Kier alpha value is -2.38. The van der Waals surface area contributed by atoms with Gasteiger partial charge in [0.1, 0.15) is 18.1 Å². The maximum atomic E-state index is 12.8. The summed E-state index contributed by atoms with van der Waals surface area (Å²) in [5, 5.41) is 25.8. The van der Waals surface area contributed by atoms with E-state index in [1.165, 1.54) is 11.8 Å². The molecule has 0 saturated heterocycles. The first-order valence-electron chi connectivity index (χ1n) is 11.2. The average Bonchev–Trinajstić information content (AvgIpc) is 2.74. The van der Waals surface area contributed by atoms with Crippen LogP contribution in [0.25, 0.3) is 0 Å². The van der Waals surface area contributed by atoms with E-state index in [0.29, 0.717) is 31.6 Å². The summed E-state index contributed by atoms with van der Waals surface area (Å²) in [6, 6.07) is -4.65. The number of carbonyl (C=O) groups is 5. The molecule has 0 radical (unpaired) electrons. The van der Waals surface area contributed by atoms with Crippen LogP contribution in [0, 0.1) is 5.92 Å². The lowest BCUT2D eigenvalue weighted by Crippen LogP contribution is -2.57. The zero-order chi connectivity index (χ0) is 26.3. The first kappa shape index (κ1) is 31.6. The average molecular weight is 506 g/mol. The number of unbranched alkanes of at least 4 members (excludes halogenated alkanes) is 1. The normalized spacial score (nSPS) is 14.5. The molecule has 0 heterocycles. The highest BCUT2D eigenvalue weighted by atomic mass is 32.2. The lowest BCUT2D eigenvalue weighted by atomic mass is 10.0. The SMILES string of the molecule is CSCCC(N)C(=O)NC(CC(=O)O)C(=O)NC(CC(C)C)C(=O)NC(CCCCN)C(=O)O. The molecule has 0 aliphatic heterocycles. The number of hydrogen-bond acceptors (Lipinski definition) is 8. The van der Waals surface area contributed by atoms with Crippen LogP contribution in [0.1, 0.15) is 52.4 Å². The van der Waals surface area contributed by atoms with Crippen LogP contribution in [-0.2, 0) is 24.0 Å². The Bertz CT molecular complexity index is 692. The number of carbonyl (C=O) groups excluding carboxylic acids is 3. The van der Waals surface area contributed by atoms with Crippen molar-refractivity contribution in [3.8, 4) is 0 Å². The third-order valence-corrected chi connectivity index (χ3v) is 5.53. The van der Waals surface area contributed by atoms with Gasteiger partial charge in [-0.25, -0.2) is 4.79 Å². The molecule has 0 fully saturated rings. The van der Waals surface area contributed by atoms with Crippen LogP contribution in [0.4, 0.5) is 0 Å². The Morgan fingerprint density at radius 2 is 1.41 bits per heavy atom. The van der Waals surface area contributed by atoms with Crippen molar-refractivity contribution in [2.24, 2.45) is 17.4 Å². The van der Waals surface area contributed by atoms with Crippen LogP contribution in [0.2, 0.25) is 0 Å². The van der Waals surface area contributed by atoms with Crippen molar-refractivity contribution in [2.75, 3.05) is 18.6 Å². The van der Waals surface area contributed by atoms with Crippen molar-refractivity contribution in [3.63, 3.8) is 0 Å². The van der Waals surface area contributed by atoms with E-state index in [-0.39, 0.29) is 18.8 Å². The second-order valence-corrected chi connectivity index (χ2v) is 9.41. The van der Waals surface area contributed by atoms with Gasteiger partial charge in [-0.2, -0.15) is 11.8 Å². The molecule has 0 saturated carbocycles. The predicted molar refractivity (Wildman–Crippen MR) is 129 cm³/mol. The van der Waals surface area contributed by atoms with Gasteiger partial charge in [-0.1, -0.05) is 13.8 Å². The molecule has 0 aliphatic carbocycles. The van der Waals surface area contributed by atoms with Crippen LogP contribution in [0.15, 0.2) is 0 Å². The van der Waals surface area contributed by atoms with E-state index >= 15 is 0 Å². The Kier molecular flexibility index (Phi) is 15.9. The molecule has 0 aromatic rings. The van der Waals surface area contributed by atoms with Gasteiger partial charge in [-0.3, -0.25) is 19.2 Å². The number of carboxylic acid groups (broad SMARTS) is 2. The maximum Gasteiger partial charge on any atom is 0.326 e. The Balaban J connectivity index is 5.43. The highest BCUT2D eigenvalue weighted by Gasteiger charge is 2.31. The molecular formula is C21H39N5O7S. The molecule has 4 atom stereocenters. The van der Waals surface area contributed by atoms with E-state index in [9.17, 15) is 34.2 Å². The molecule has 4 unspecified atom stereocenters. The molecule has 196 valence electrons. The third kappa shape index (κ3) is 13.4. The quantitative estimate of drug-likeness (QED) is 0.116. The van der Waals surface area contributed by atoms with Crippen molar-refractivity contribution in [2.45, 2.75) is 76.5 Å². The zero-order valence-corrected chi connectivity index (χ0v) is 20.9. The smallest absolute Gasteiger partial charge is 0.326 e. The molecular weight excluding hydrogens is 466 g/mol. The van der Waals surface area contributed by atoms with Gasteiger partial charge in [0.05, 0.1) is 12.5 Å². The molecule has 0 aromatic heterocycles. The minimum absolute atomic E-state index is 0.0518. The fourth-order valence-corrected chi connectivity index (χ4v) is 3.53. The first-order chi connectivity index (χ1) is 15.9. The second kappa shape index (κ2) is 17.1. The van der Waals surface area contributed by atoms with Crippen LogP contribution in [0.5, 0.6) is 0 Å². The van der Waals surface area contributed by atoms with Crippen LogP contribution < -0.4 is 27.4 Å². The number of amides is 3. The number of carboxylic acids is 2. The maximum absolute atomic E-state index is 12.8. The van der Waals surface area contributed by atoms with E-state index in [2.05, 4.69) is 16.0 Å². The van der Waals surface area contributed by atoms with Gasteiger partial charge in [-0.05, 0) is 56.6 Å². The van der Waals surface area contributed by atoms with Crippen LogP contribution in [-0.4, -0.2) is 82.6 Å². The largest absolute Gasteiger partial charge is 0.481 e. The number of nitrogens with two attached hydrogens (primary N) is 2. The zero-order valence-electron chi connectivity index (χ0n) is 20.0. The van der Waals surface area contributed by atoms with Crippen LogP contribution in [0.3, 0.4) is 0 Å². The Morgan fingerprint density at radius 1 is 0.853 bits per heavy atom. The van der Waals surface area contributed by atoms with Gasteiger partial charge in [0.2, 0.25) is 17.7 Å². The summed E-state index contributed by atoms with van der Waals surface area (Å²) in [6.45, 7) is 4.01. The Labute approximate surface area is 204 Å². The summed E-state index contributed by atoms with van der Waals surface area (Å²) in [4.78, 5) is 60.8. The number of aliphatic carboxylic acids is 2. The lowest BCUT2D eigenvalue weighted by Gasteiger charge is -2.25. The number of hydrogen-bond donors (Lipinski definition) is 7. The van der Waals surface area contributed by atoms with Crippen LogP contribution >= 0.6 is 11.8 Å². The van der Waals surface area contributed by atoms with Gasteiger partial charge in [0.25, 0.3) is 0 Å².